The van der Waals surface area contributed by atoms with Gasteiger partial charge >= 0.3 is 0 Å². The summed E-state index contributed by atoms with van der Waals surface area (Å²) in [6.07, 6.45) is 4.02. The van der Waals surface area contributed by atoms with E-state index < -0.39 is 0 Å². The van der Waals surface area contributed by atoms with Gasteiger partial charge in [0.15, 0.2) is 0 Å². The lowest BCUT2D eigenvalue weighted by Gasteiger charge is -2.03. The van der Waals surface area contributed by atoms with Gasteiger partial charge in [-0.3, -0.25) is 9.59 Å². The number of amides is 2. The standard InChI is InChI=1S/C22H30N4O4/c1-15-11-13-19(29-15)17(3)23-25-21(27)9-7-5-6-8-10-22(28)26-24-18(4)20-14-12-16(2)30-20/h11-14H,5-10H2,1-4H3,(H,25,27)(H,26,28). The fourth-order valence-corrected chi connectivity index (χ4v) is 2.70. The third-order valence-corrected chi connectivity index (χ3v) is 4.45. The molecule has 8 nitrogen and oxygen atoms in total. The molecule has 2 heterocycles. The lowest BCUT2D eigenvalue weighted by atomic mass is 10.1. The van der Waals surface area contributed by atoms with Crippen LogP contribution in [0.1, 0.15) is 75.4 Å². The molecule has 8 heteroatoms. The first-order valence-corrected chi connectivity index (χ1v) is 10.1. The van der Waals surface area contributed by atoms with Crippen molar-refractivity contribution in [1.82, 2.24) is 10.9 Å². The number of hydrogen-bond donors (Lipinski definition) is 2. The van der Waals surface area contributed by atoms with E-state index in [0.717, 1.165) is 37.2 Å². The Labute approximate surface area is 176 Å². The van der Waals surface area contributed by atoms with Crippen LogP contribution in [0.5, 0.6) is 0 Å². The number of unbranched alkanes of at least 4 members (excludes halogenated alkanes) is 3. The monoisotopic (exact) mass is 414 g/mol. The topological polar surface area (TPSA) is 109 Å². The molecule has 2 aromatic heterocycles. The van der Waals surface area contributed by atoms with Gasteiger partial charge < -0.3 is 8.83 Å². The number of aryl methyl sites for hydroxylation is 2. The lowest BCUT2D eigenvalue weighted by molar-refractivity contribution is -0.122. The molecular formula is C22H30N4O4. The number of furan rings is 2. The smallest absolute Gasteiger partial charge is 0.240 e. The number of carbonyl (C=O) groups is 2. The van der Waals surface area contributed by atoms with Crippen LogP contribution < -0.4 is 10.9 Å². The molecule has 2 amide bonds. The van der Waals surface area contributed by atoms with Crippen molar-refractivity contribution in [2.24, 2.45) is 10.2 Å². The fraction of sp³-hybridized carbons (Fsp3) is 0.455. The highest BCUT2D eigenvalue weighted by Crippen LogP contribution is 2.09. The van der Waals surface area contributed by atoms with E-state index in [1.54, 1.807) is 13.8 Å². The summed E-state index contributed by atoms with van der Waals surface area (Å²) in [6.45, 7) is 7.28. The van der Waals surface area contributed by atoms with E-state index in [2.05, 4.69) is 21.1 Å². The van der Waals surface area contributed by atoms with E-state index in [9.17, 15) is 9.59 Å². The summed E-state index contributed by atoms with van der Waals surface area (Å²) in [4.78, 5) is 23.7. The molecule has 0 saturated carbocycles. The summed E-state index contributed by atoms with van der Waals surface area (Å²) in [6, 6.07) is 7.34. The highest BCUT2D eigenvalue weighted by Gasteiger charge is 2.06. The second kappa shape index (κ2) is 11.7. The molecule has 0 aliphatic rings. The molecule has 2 rings (SSSR count). The first-order valence-electron chi connectivity index (χ1n) is 10.1. The maximum absolute atomic E-state index is 11.9. The number of nitrogens with one attached hydrogen (secondary N) is 2. The van der Waals surface area contributed by atoms with Gasteiger partial charge in [-0.05, 0) is 64.8 Å². The van der Waals surface area contributed by atoms with Crippen LogP contribution in [0.15, 0.2) is 43.3 Å². The van der Waals surface area contributed by atoms with E-state index in [4.69, 9.17) is 8.83 Å². The molecule has 0 aliphatic carbocycles. The Balaban J connectivity index is 1.54. The van der Waals surface area contributed by atoms with Crippen LogP contribution in [0.2, 0.25) is 0 Å². The van der Waals surface area contributed by atoms with Gasteiger partial charge in [-0.2, -0.15) is 10.2 Å². The lowest BCUT2D eigenvalue weighted by Crippen LogP contribution is -2.19. The summed E-state index contributed by atoms with van der Waals surface area (Å²) in [5.41, 5.74) is 6.34. The van der Waals surface area contributed by atoms with Crippen molar-refractivity contribution < 1.29 is 18.4 Å². The molecule has 0 aromatic carbocycles. The highest BCUT2D eigenvalue weighted by molar-refractivity contribution is 5.97. The molecule has 162 valence electrons. The minimum Gasteiger partial charge on any atom is -0.460 e. The second-order valence-electron chi connectivity index (χ2n) is 7.20. The molecule has 2 N–H and O–H groups in total. The quantitative estimate of drug-likeness (QED) is 0.326. The van der Waals surface area contributed by atoms with Crippen LogP contribution in [0.25, 0.3) is 0 Å². The van der Waals surface area contributed by atoms with Crippen LogP contribution in [0, 0.1) is 13.8 Å². The molecule has 0 fully saturated rings. The zero-order chi connectivity index (χ0) is 21.9. The largest absolute Gasteiger partial charge is 0.460 e. The molecule has 0 atom stereocenters. The van der Waals surface area contributed by atoms with E-state index in [1.165, 1.54) is 0 Å². The van der Waals surface area contributed by atoms with Gasteiger partial charge in [0, 0.05) is 12.8 Å². The summed E-state index contributed by atoms with van der Waals surface area (Å²) < 4.78 is 10.9. The predicted octanol–water partition coefficient (Wildman–Crippen LogP) is 4.21. The number of carbonyl (C=O) groups excluding carboxylic acids is 2. The number of hydrogen-bond acceptors (Lipinski definition) is 6. The van der Waals surface area contributed by atoms with Crippen molar-refractivity contribution in [3.63, 3.8) is 0 Å². The van der Waals surface area contributed by atoms with Crippen molar-refractivity contribution in [2.75, 3.05) is 0 Å². The molecular weight excluding hydrogens is 384 g/mol. The summed E-state index contributed by atoms with van der Waals surface area (Å²) >= 11 is 0. The molecule has 0 bridgehead atoms. The first kappa shape index (κ1) is 23.1. The number of nitrogens with zero attached hydrogens (tertiary/aromatic N) is 2. The summed E-state index contributed by atoms with van der Waals surface area (Å²) in [5.74, 6) is 2.62. The van der Waals surface area contributed by atoms with Gasteiger partial charge in [0.05, 0.1) is 0 Å². The Morgan fingerprint density at radius 1 is 0.733 bits per heavy atom. The fourth-order valence-electron chi connectivity index (χ4n) is 2.70. The van der Waals surface area contributed by atoms with Crippen LogP contribution in [0.3, 0.4) is 0 Å². The molecule has 2 aromatic rings. The normalized spacial score (nSPS) is 12.1. The minimum absolute atomic E-state index is 0.131. The highest BCUT2D eigenvalue weighted by atomic mass is 16.3. The second-order valence-corrected chi connectivity index (χ2v) is 7.20. The van der Waals surface area contributed by atoms with Crippen LogP contribution >= 0.6 is 0 Å². The number of rotatable bonds is 11. The van der Waals surface area contributed by atoms with Crippen LogP contribution in [-0.2, 0) is 9.59 Å². The van der Waals surface area contributed by atoms with Crippen molar-refractivity contribution >= 4 is 23.2 Å². The molecule has 0 aliphatic heterocycles. The van der Waals surface area contributed by atoms with Crippen molar-refractivity contribution in [3.05, 3.63) is 47.3 Å². The van der Waals surface area contributed by atoms with E-state index in [0.29, 0.717) is 35.8 Å². The van der Waals surface area contributed by atoms with Crippen LogP contribution in [0.4, 0.5) is 0 Å². The summed E-state index contributed by atoms with van der Waals surface area (Å²) in [7, 11) is 0. The van der Waals surface area contributed by atoms with Gasteiger partial charge in [-0.1, -0.05) is 12.8 Å². The zero-order valence-corrected chi connectivity index (χ0v) is 18.1. The van der Waals surface area contributed by atoms with Crippen LogP contribution in [-0.4, -0.2) is 23.2 Å². The Kier molecular flexibility index (Phi) is 9.05. The predicted molar refractivity (Wildman–Crippen MR) is 115 cm³/mol. The Morgan fingerprint density at radius 3 is 1.47 bits per heavy atom. The van der Waals surface area contributed by atoms with Gasteiger partial charge in [0.2, 0.25) is 11.8 Å². The SMILES string of the molecule is CC(=NNC(=O)CCCCCCC(=O)NN=C(C)c1ccc(C)o1)c1ccc(C)o1. The third-order valence-electron chi connectivity index (χ3n) is 4.45. The number of hydrazone groups is 2. The maximum atomic E-state index is 11.9. The van der Waals surface area contributed by atoms with E-state index in [-0.39, 0.29) is 11.8 Å². The van der Waals surface area contributed by atoms with Crippen molar-refractivity contribution in [1.29, 1.82) is 0 Å². The first-order chi connectivity index (χ1) is 14.3. The average molecular weight is 415 g/mol. The molecule has 30 heavy (non-hydrogen) atoms. The Bertz CT molecular complexity index is 834. The van der Waals surface area contributed by atoms with Gasteiger partial charge in [0.25, 0.3) is 0 Å². The van der Waals surface area contributed by atoms with E-state index in [1.807, 2.05) is 38.1 Å². The molecule has 0 spiro atoms. The molecule has 0 radical (unpaired) electrons. The zero-order valence-electron chi connectivity index (χ0n) is 18.1. The Morgan fingerprint density at radius 2 is 1.13 bits per heavy atom. The summed E-state index contributed by atoms with van der Waals surface area (Å²) in [5, 5.41) is 8.11. The Hall–Kier alpha value is -3.16. The van der Waals surface area contributed by atoms with Crippen molar-refractivity contribution in [3.8, 4) is 0 Å². The maximum Gasteiger partial charge on any atom is 0.240 e. The van der Waals surface area contributed by atoms with Crippen molar-refractivity contribution in [2.45, 2.75) is 66.2 Å². The van der Waals surface area contributed by atoms with E-state index >= 15 is 0 Å². The minimum atomic E-state index is -0.131. The third kappa shape index (κ3) is 8.06. The van der Waals surface area contributed by atoms with Gasteiger partial charge in [-0.15, -0.1) is 0 Å². The molecule has 0 saturated heterocycles. The van der Waals surface area contributed by atoms with Gasteiger partial charge in [0.1, 0.15) is 34.5 Å². The molecule has 0 unspecified atom stereocenters. The average Bonchev–Trinajstić information content (AvgIpc) is 3.35. The van der Waals surface area contributed by atoms with Gasteiger partial charge in [-0.25, -0.2) is 10.9 Å².